The van der Waals surface area contributed by atoms with Gasteiger partial charge in [0.05, 0.1) is 28.9 Å². The second-order valence-corrected chi connectivity index (χ2v) is 8.06. The molecule has 8 nitrogen and oxygen atoms in total. The number of hydrogen-bond donors (Lipinski definition) is 0. The van der Waals surface area contributed by atoms with E-state index in [1.54, 1.807) is 36.6 Å². The molecule has 0 saturated carbocycles. The smallest absolute Gasteiger partial charge is 0.270 e. The van der Waals surface area contributed by atoms with Crippen molar-refractivity contribution in [1.29, 1.82) is 0 Å². The Kier molecular flexibility index (Phi) is 5.87. The van der Waals surface area contributed by atoms with Crippen molar-refractivity contribution in [2.24, 2.45) is 10.2 Å². The van der Waals surface area contributed by atoms with Gasteiger partial charge in [0.25, 0.3) is 11.6 Å². The van der Waals surface area contributed by atoms with Crippen molar-refractivity contribution >= 4 is 52.2 Å². The van der Waals surface area contributed by atoms with E-state index in [0.717, 1.165) is 16.6 Å². The number of nitrogens with zero attached hydrogens (tertiary/aromatic N) is 4. The van der Waals surface area contributed by atoms with Crippen LogP contribution in [-0.2, 0) is 11.3 Å². The van der Waals surface area contributed by atoms with E-state index in [4.69, 9.17) is 4.42 Å². The molecule has 30 heavy (non-hydrogen) atoms. The highest BCUT2D eigenvalue weighted by Crippen LogP contribution is 2.34. The number of carbonyl (C=O) groups excluding carboxylic acids is 1. The maximum Gasteiger partial charge on any atom is 0.270 e. The van der Waals surface area contributed by atoms with Crippen LogP contribution in [-0.4, -0.2) is 27.1 Å². The summed E-state index contributed by atoms with van der Waals surface area (Å²) < 4.78 is 5.36. The van der Waals surface area contributed by atoms with Crippen molar-refractivity contribution in [3.05, 3.63) is 91.4 Å². The first-order valence-corrected chi connectivity index (χ1v) is 10.4. The third-order valence-corrected chi connectivity index (χ3v) is 5.84. The molecule has 1 aliphatic heterocycles. The molecular formula is C20H14N4O4S2. The minimum atomic E-state index is -0.471. The van der Waals surface area contributed by atoms with Crippen molar-refractivity contribution < 1.29 is 14.1 Å². The number of thiophene rings is 1. The molecule has 4 rings (SSSR count). The van der Waals surface area contributed by atoms with Crippen LogP contribution in [0, 0.1) is 10.1 Å². The fraction of sp³-hybridized carbons (Fsp3) is 0.0500. The van der Waals surface area contributed by atoms with Gasteiger partial charge in [0, 0.05) is 17.0 Å². The van der Waals surface area contributed by atoms with E-state index in [9.17, 15) is 14.9 Å². The van der Waals surface area contributed by atoms with Gasteiger partial charge in [-0.2, -0.15) is 5.10 Å². The lowest BCUT2D eigenvalue weighted by molar-refractivity contribution is -0.384. The molecule has 0 N–H and O–H groups in total. The maximum absolute atomic E-state index is 13.0. The highest BCUT2D eigenvalue weighted by Gasteiger charge is 2.34. The molecular weight excluding hydrogens is 424 g/mol. The Bertz CT molecular complexity index is 1150. The third-order valence-electron chi connectivity index (χ3n) is 4.03. The predicted molar refractivity (Wildman–Crippen MR) is 117 cm³/mol. The number of amides is 1. The fourth-order valence-corrected chi connectivity index (χ4v) is 4.17. The molecule has 150 valence electrons. The molecule has 1 amide bonds. The summed E-state index contributed by atoms with van der Waals surface area (Å²) >= 11 is 2.69. The second kappa shape index (κ2) is 8.89. The molecule has 0 unspecified atom stereocenters. The predicted octanol–water partition coefficient (Wildman–Crippen LogP) is 4.76. The first-order chi connectivity index (χ1) is 14.6. The highest BCUT2D eigenvalue weighted by atomic mass is 32.2. The molecule has 0 spiro atoms. The van der Waals surface area contributed by atoms with Crippen molar-refractivity contribution in [2.75, 3.05) is 0 Å². The zero-order valence-corrected chi connectivity index (χ0v) is 17.0. The monoisotopic (exact) mass is 438 g/mol. The average Bonchev–Trinajstić information content (AvgIpc) is 3.49. The number of benzene rings is 1. The quantitative estimate of drug-likeness (QED) is 0.239. The molecule has 1 fully saturated rings. The van der Waals surface area contributed by atoms with Crippen molar-refractivity contribution in [3.8, 4) is 0 Å². The number of carbonyl (C=O) groups is 1. The summed E-state index contributed by atoms with van der Waals surface area (Å²) in [5, 5.41) is 21.7. The number of thioether (sulfide) groups is 1. The van der Waals surface area contributed by atoms with Gasteiger partial charge >= 0.3 is 0 Å². The molecule has 1 aliphatic rings. The molecule has 3 heterocycles. The molecule has 2 aromatic heterocycles. The first kappa shape index (κ1) is 19.8. The minimum Gasteiger partial charge on any atom is -0.467 e. The molecule has 3 aromatic rings. The largest absolute Gasteiger partial charge is 0.467 e. The molecule has 0 aliphatic carbocycles. The minimum absolute atomic E-state index is 0.0401. The van der Waals surface area contributed by atoms with Crippen LogP contribution in [0.4, 0.5) is 5.69 Å². The van der Waals surface area contributed by atoms with E-state index in [1.807, 2.05) is 17.5 Å². The van der Waals surface area contributed by atoms with Crippen LogP contribution in [0.2, 0.25) is 0 Å². The van der Waals surface area contributed by atoms with E-state index in [0.29, 0.717) is 21.4 Å². The van der Waals surface area contributed by atoms with Crippen LogP contribution in [0.25, 0.3) is 6.08 Å². The molecule has 10 heteroatoms. The van der Waals surface area contributed by atoms with Gasteiger partial charge in [0.2, 0.25) is 0 Å². The Hall–Kier alpha value is -3.50. The van der Waals surface area contributed by atoms with E-state index in [2.05, 4.69) is 10.2 Å². The summed E-state index contributed by atoms with van der Waals surface area (Å²) in [7, 11) is 0. The standard InChI is InChI=1S/C20H14N4O4S2/c25-19-18(11-14-4-1-5-15(10-14)24(26)27)30-20(22-21-12-17-7-3-9-29-17)23(19)13-16-6-2-8-28-16/h1-12H,13H2/b18-11-,21-12-,22-20+. The summed E-state index contributed by atoms with van der Waals surface area (Å²) in [5.41, 5.74) is 0.517. The summed E-state index contributed by atoms with van der Waals surface area (Å²) in [6, 6.07) is 13.4. The maximum atomic E-state index is 13.0. The van der Waals surface area contributed by atoms with Crippen LogP contribution < -0.4 is 0 Å². The van der Waals surface area contributed by atoms with Crippen molar-refractivity contribution in [3.63, 3.8) is 0 Å². The lowest BCUT2D eigenvalue weighted by atomic mass is 10.2. The molecule has 0 bridgehead atoms. The van der Waals surface area contributed by atoms with Gasteiger partial charge in [0.1, 0.15) is 5.76 Å². The number of nitro benzene ring substituents is 1. The van der Waals surface area contributed by atoms with E-state index >= 15 is 0 Å². The lowest BCUT2D eigenvalue weighted by Gasteiger charge is -2.12. The third kappa shape index (κ3) is 4.56. The highest BCUT2D eigenvalue weighted by molar-refractivity contribution is 8.18. The number of furan rings is 1. The van der Waals surface area contributed by atoms with E-state index in [1.165, 1.54) is 34.6 Å². The number of non-ortho nitro benzene ring substituents is 1. The van der Waals surface area contributed by atoms with Gasteiger partial charge < -0.3 is 4.42 Å². The van der Waals surface area contributed by atoms with Crippen LogP contribution in [0.1, 0.15) is 16.2 Å². The van der Waals surface area contributed by atoms with Gasteiger partial charge in [-0.25, -0.2) is 0 Å². The summed E-state index contributed by atoms with van der Waals surface area (Å²) in [5.74, 6) is 0.337. The van der Waals surface area contributed by atoms with Crippen molar-refractivity contribution in [1.82, 2.24) is 4.90 Å². The van der Waals surface area contributed by atoms with Gasteiger partial charge in [-0.3, -0.25) is 19.8 Å². The normalized spacial score (nSPS) is 16.9. The topological polar surface area (TPSA) is 101 Å². The summed E-state index contributed by atoms with van der Waals surface area (Å²) in [4.78, 5) is 26.3. The SMILES string of the molecule is O=C1/C(=C/c2cccc([N+](=O)[O-])c2)S/C(=N/N=C\c2cccs2)N1Cc1ccco1. The number of hydrogen-bond acceptors (Lipinski definition) is 8. The fourth-order valence-electron chi connectivity index (χ4n) is 2.66. The van der Waals surface area contributed by atoms with Gasteiger partial charge in [-0.05, 0) is 47.0 Å². The molecule has 1 aromatic carbocycles. The Morgan fingerprint density at radius 1 is 1.20 bits per heavy atom. The second-order valence-electron chi connectivity index (χ2n) is 6.08. The Morgan fingerprint density at radius 2 is 2.10 bits per heavy atom. The lowest BCUT2D eigenvalue weighted by Crippen LogP contribution is -2.28. The zero-order chi connectivity index (χ0) is 20.9. The van der Waals surface area contributed by atoms with Gasteiger partial charge in [0.15, 0.2) is 5.17 Å². The molecule has 0 radical (unpaired) electrons. The molecule has 0 atom stereocenters. The number of nitro groups is 1. The van der Waals surface area contributed by atoms with Gasteiger partial charge in [-0.1, -0.05) is 18.2 Å². The van der Waals surface area contributed by atoms with Crippen molar-refractivity contribution in [2.45, 2.75) is 6.54 Å². The van der Waals surface area contributed by atoms with Crippen LogP contribution in [0.3, 0.4) is 0 Å². The van der Waals surface area contributed by atoms with Gasteiger partial charge in [-0.15, -0.1) is 16.4 Å². The average molecular weight is 438 g/mol. The van der Waals surface area contributed by atoms with Crippen LogP contribution >= 0.6 is 23.1 Å². The van der Waals surface area contributed by atoms with Crippen LogP contribution in [0.15, 0.2) is 79.7 Å². The van der Waals surface area contributed by atoms with Crippen LogP contribution in [0.5, 0.6) is 0 Å². The first-order valence-electron chi connectivity index (χ1n) is 8.73. The zero-order valence-electron chi connectivity index (χ0n) is 15.4. The summed E-state index contributed by atoms with van der Waals surface area (Å²) in [6.45, 7) is 0.207. The number of rotatable bonds is 6. The van der Waals surface area contributed by atoms with E-state index < -0.39 is 4.92 Å². The van der Waals surface area contributed by atoms with E-state index in [-0.39, 0.29) is 18.1 Å². The number of amidine groups is 1. The Balaban J connectivity index is 1.63. The Labute approximate surface area is 179 Å². The molecule has 1 saturated heterocycles. The Morgan fingerprint density at radius 3 is 2.83 bits per heavy atom. The summed E-state index contributed by atoms with van der Waals surface area (Å²) in [6.07, 6.45) is 4.77.